The minimum absolute atomic E-state index is 0.404. The van der Waals surface area contributed by atoms with E-state index in [1.165, 1.54) is 0 Å². The zero-order chi connectivity index (χ0) is 12.8. The molecule has 4 nitrogen and oxygen atoms in total. The average molecular weight is 243 g/mol. The lowest BCUT2D eigenvalue weighted by Gasteiger charge is -2.07. The molecular formula is C9H16F3NO3. The number of carbonyl (C=O) groups is 1. The Labute approximate surface area is 91.6 Å². The van der Waals surface area contributed by atoms with E-state index in [-0.39, 0.29) is 0 Å². The van der Waals surface area contributed by atoms with E-state index in [4.69, 9.17) is 20.4 Å². The summed E-state index contributed by atoms with van der Waals surface area (Å²) in [6, 6.07) is 0.404. The molecule has 0 heterocycles. The molecular weight excluding hydrogens is 227 g/mol. The molecule has 1 aliphatic rings. The van der Waals surface area contributed by atoms with Crippen LogP contribution in [0.1, 0.15) is 26.2 Å². The third kappa shape index (κ3) is 6.62. The van der Waals surface area contributed by atoms with Crippen molar-refractivity contribution in [2.75, 3.05) is 6.61 Å². The Hall–Kier alpha value is -0.820. The van der Waals surface area contributed by atoms with Gasteiger partial charge in [0.05, 0.1) is 6.10 Å². The predicted molar refractivity (Wildman–Crippen MR) is 50.9 cm³/mol. The predicted octanol–water partition coefficient (Wildman–Crippen LogP) is 1.54. The van der Waals surface area contributed by atoms with Gasteiger partial charge in [-0.05, 0) is 26.2 Å². The number of ether oxygens (including phenoxy) is 1. The second kappa shape index (κ2) is 6.70. The van der Waals surface area contributed by atoms with Crippen molar-refractivity contribution in [2.45, 2.75) is 44.5 Å². The van der Waals surface area contributed by atoms with Crippen LogP contribution in [0.15, 0.2) is 0 Å². The molecule has 0 unspecified atom stereocenters. The van der Waals surface area contributed by atoms with Crippen molar-refractivity contribution in [1.29, 1.82) is 0 Å². The first kappa shape index (κ1) is 15.2. The summed E-state index contributed by atoms with van der Waals surface area (Å²) in [5, 5.41) is 7.12. The summed E-state index contributed by atoms with van der Waals surface area (Å²) in [5.74, 6) is -2.76. The summed E-state index contributed by atoms with van der Waals surface area (Å²) in [7, 11) is 0. The van der Waals surface area contributed by atoms with Gasteiger partial charge in [0.2, 0.25) is 0 Å². The zero-order valence-corrected chi connectivity index (χ0v) is 8.96. The molecule has 0 bridgehead atoms. The largest absolute Gasteiger partial charge is 0.490 e. The number of rotatable bonds is 2. The first-order valence-corrected chi connectivity index (χ1v) is 4.94. The van der Waals surface area contributed by atoms with Crippen LogP contribution in [-0.4, -0.2) is 36.0 Å². The SMILES string of the molecule is CCO[C@@H]1CC[C@@H](N)C1.O=C(O)C(F)(F)F. The van der Waals surface area contributed by atoms with Gasteiger partial charge in [0.25, 0.3) is 0 Å². The molecule has 1 saturated carbocycles. The molecule has 0 aliphatic heterocycles. The number of aliphatic carboxylic acids is 1. The summed E-state index contributed by atoms with van der Waals surface area (Å²) >= 11 is 0. The van der Waals surface area contributed by atoms with E-state index in [9.17, 15) is 13.2 Å². The highest BCUT2D eigenvalue weighted by Gasteiger charge is 2.38. The van der Waals surface area contributed by atoms with E-state index in [0.29, 0.717) is 12.1 Å². The molecule has 1 fully saturated rings. The summed E-state index contributed by atoms with van der Waals surface area (Å²) in [4.78, 5) is 8.90. The first-order valence-electron chi connectivity index (χ1n) is 4.94. The van der Waals surface area contributed by atoms with E-state index in [0.717, 1.165) is 25.9 Å². The summed E-state index contributed by atoms with van der Waals surface area (Å²) < 4.78 is 37.1. The number of nitrogens with two attached hydrogens (primary N) is 1. The van der Waals surface area contributed by atoms with Crippen molar-refractivity contribution >= 4 is 5.97 Å². The Bertz CT molecular complexity index is 219. The molecule has 0 aromatic rings. The summed E-state index contributed by atoms with van der Waals surface area (Å²) in [5.41, 5.74) is 5.68. The fourth-order valence-corrected chi connectivity index (χ4v) is 1.36. The van der Waals surface area contributed by atoms with Crippen molar-refractivity contribution in [2.24, 2.45) is 5.73 Å². The van der Waals surface area contributed by atoms with E-state index in [1.54, 1.807) is 0 Å². The normalized spacial score (nSPS) is 24.8. The van der Waals surface area contributed by atoms with Crippen LogP contribution in [0.5, 0.6) is 0 Å². The fourth-order valence-electron chi connectivity index (χ4n) is 1.36. The van der Waals surface area contributed by atoms with Crippen LogP contribution in [0.25, 0.3) is 0 Å². The molecule has 0 aromatic heterocycles. The van der Waals surface area contributed by atoms with Crippen LogP contribution < -0.4 is 5.73 Å². The van der Waals surface area contributed by atoms with Crippen molar-refractivity contribution < 1.29 is 27.8 Å². The van der Waals surface area contributed by atoms with Gasteiger partial charge >= 0.3 is 12.1 Å². The lowest BCUT2D eigenvalue weighted by molar-refractivity contribution is -0.192. The molecule has 2 atom stereocenters. The van der Waals surface area contributed by atoms with Gasteiger partial charge in [-0.15, -0.1) is 0 Å². The van der Waals surface area contributed by atoms with Crippen molar-refractivity contribution in [3.8, 4) is 0 Å². The fraction of sp³-hybridized carbons (Fsp3) is 0.889. The van der Waals surface area contributed by atoms with E-state index in [2.05, 4.69) is 0 Å². The van der Waals surface area contributed by atoms with E-state index in [1.807, 2.05) is 6.92 Å². The van der Waals surface area contributed by atoms with Crippen LogP contribution >= 0.6 is 0 Å². The maximum Gasteiger partial charge on any atom is 0.490 e. The molecule has 96 valence electrons. The highest BCUT2D eigenvalue weighted by molar-refractivity contribution is 5.73. The average Bonchev–Trinajstić information content (AvgIpc) is 2.51. The monoisotopic (exact) mass is 243 g/mol. The van der Waals surface area contributed by atoms with Crippen LogP contribution in [0.4, 0.5) is 13.2 Å². The van der Waals surface area contributed by atoms with Gasteiger partial charge in [0, 0.05) is 12.6 Å². The molecule has 1 rings (SSSR count). The van der Waals surface area contributed by atoms with Crippen LogP contribution in [0.3, 0.4) is 0 Å². The number of hydrogen-bond donors (Lipinski definition) is 2. The Morgan fingerprint density at radius 3 is 2.25 bits per heavy atom. The molecule has 0 spiro atoms. The number of hydrogen-bond acceptors (Lipinski definition) is 3. The van der Waals surface area contributed by atoms with Gasteiger partial charge in [0.15, 0.2) is 0 Å². The Balaban J connectivity index is 0.000000293. The maximum absolute atomic E-state index is 10.6. The van der Waals surface area contributed by atoms with Crippen LogP contribution in [0, 0.1) is 0 Å². The Morgan fingerprint density at radius 2 is 2.00 bits per heavy atom. The molecule has 16 heavy (non-hydrogen) atoms. The first-order chi connectivity index (χ1) is 7.27. The smallest absolute Gasteiger partial charge is 0.475 e. The second-order valence-electron chi connectivity index (χ2n) is 3.45. The number of carboxylic acid groups (broad SMARTS) is 1. The third-order valence-electron chi connectivity index (χ3n) is 2.07. The zero-order valence-electron chi connectivity index (χ0n) is 8.96. The van der Waals surface area contributed by atoms with Gasteiger partial charge in [-0.25, -0.2) is 4.79 Å². The van der Waals surface area contributed by atoms with Crippen LogP contribution in [-0.2, 0) is 9.53 Å². The highest BCUT2D eigenvalue weighted by Crippen LogP contribution is 2.19. The third-order valence-corrected chi connectivity index (χ3v) is 2.07. The minimum Gasteiger partial charge on any atom is -0.475 e. The van der Waals surface area contributed by atoms with Crippen molar-refractivity contribution in [3.05, 3.63) is 0 Å². The van der Waals surface area contributed by atoms with Crippen LogP contribution in [0.2, 0.25) is 0 Å². The van der Waals surface area contributed by atoms with E-state index < -0.39 is 12.1 Å². The quantitative estimate of drug-likeness (QED) is 0.771. The molecule has 0 saturated heterocycles. The van der Waals surface area contributed by atoms with Gasteiger partial charge in [-0.3, -0.25) is 0 Å². The van der Waals surface area contributed by atoms with E-state index >= 15 is 0 Å². The topological polar surface area (TPSA) is 72.5 Å². The Morgan fingerprint density at radius 1 is 1.50 bits per heavy atom. The molecule has 0 aromatic carbocycles. The molecule has 1 aliphatic carbocycles. The lowest BCUT2D eigenvalue weighted by Crippen LogP contribution is -2.21. The van der Waals surface area contributed by atoms with Crippen molar-refractivity contribution in [1.82, 2.24) is 0 Å². The number of alkyl halides is 3. The van der Waals surface area contributed by atoms with Crippen molar-refractivity contribution in [3.63, 3.8) is 0 Å². The van der Waals surface area contributed by atoms with Gasteiger partial charge in [0.1, 0.15) is 0 Å². The molecule has 0 amide bonds. The standard InChI is InChI=1S/C7H15NO.C2HF3O2/c1-2-9-7-4-3-6(8)5-7;3-2(4,5)1(6)7/h6-7H,2-5,8H2,1H3;(H,6,7)/t6-,7-;/m1./s1. The number of carboxylic acids is 1. The molecule has 7 heteroatoms. The van der Waals surface area contributed by atoms with Gasteiger partial charge in [-0.1, -0.05) is 0 Å². The molecule has 3 N–H and O–H groups in total. The maximum atomic E-state index is 10.6. The minimum atomic E-state index is -5.08. The van der Waals surface area contributed by atoms with Gasteiger partial charge < -0.3 is 15.6 Å². The molecule has 0 radical (unpaired) electrons. The summed E-state index contributed by atoms with van der Waals surface area (Å²) in [6.45, 7) is 2.86. The lowest BCUT2D eigenvalue weighted by atomic mass is 10.3. The second-order valence-corrected chi connectivity index (χ2v) is 3.45. The number of halogens is 3. The van der Waals surface area contributed by atoms with Gasteiger partial charge in [-0.2, -0.15) is 13.2 Å². The summed E-state index contributed by atoms with van der Waals surface area (Å²) in [6.07, 6.45) is -1.25. The Kier molecular flexibility index (Phi) is 6.35. The highest BCUT2D eigenvalue weighted by atomic mass is 19.4.